The molecule has 0 aromatic carbocycles. The zero-order valence-electron chi connectivity index (χ0n) is 10.9. The normalized spacial score (nSPS) is 17.3. The van der Waals surface area contributed by atoms with Gasteiger partial charge < -0.3 is 14.8 Å². The van der Waals surface area contributed by atoms with Gasteiger partial charge in [-0.15, -0.1) is 0 Å². The summed E-state index contributed by atoms with van der Waals surface area (Å²) in [5.74, 6) is -0.398. The van der Waals surface area contributed by atoms with Gasteiger partial charge in [-0.05, 0) is 25.0 Å². The van der Waals surface area contributed by atoms with Crippen molar-refractivity contribution in [1.82, 2.24) is 10.2 Å². The van der Waals surface area contributed by atoms with E-state index in [1.807, 2.05) is 0 Å². The van der Waals surface area contributed by atoms with E-state index >= 15 is 0 Å². The Kier molecular flexibility index (Phi) is 4.21. The Labute approximate surface area is 111 Å². The second-order valence-corrected chi connectivity index (χ2v) is 4.82. The number of carbonyl (C=O) groups is 2. The second kappa shape index (κ2) is 5.88. The summed E-state index contributed by atoms with van der Waals surface area (Å²) in [4.78, 5) is 23.9. The molecular formula is C13H18N2O4. The van der Waals surface area contributed by atoms with Crippen LogP contribution < -0.4 is 5.32 Å². The molecule has 2 N–H and O–H groups in total. The number of carbonyl (C=O) groups excluding carboxylic acids is 1. The minimum atomic E-state index is -1.05. The Morgan fingerprint density at radius 1 is 1.42 bits per heavy atom. The molecule has 2 rings (SSSR count). The third-order valence-electron chi connectivity index (χ3n) is 3.25. The molecule has 1 aromatic rings. The van der Waals surface area contributed by atoms with Gasteiger partial charge in [0.15, 0.2) is 0 Å². The maximum absolute atomic E-state index is 11.0. The van der Waals surface area contributed by atoms with Crippen LogP contribution in [-0.4, -0.2) is 41.0 Å². The van der Waals surface area contributed by atoms with Crippen LogP contribution in [0.15, 0.2) is 16.5 Å². The summed E-state index contributed by atoms with van der Waals surface area (Å²) < 4.78 is 5.23. The summed E-state index contributed by atoms with van der Waals surface area (Å²) in [6.45, 7) is 3.88. The van der Waals surface area contributed by atoms with Crippen molar-refractivity contribution in [3.63, 3.8) is 0 Å². The Hall–Kier alpha value is -1.82. The van der Waals surface area contributed by atoms with E-state index in [1.165, 1.54) is 13.0 Å². The molecule has 0 radical (unpaired) electrons. The largest absolute Gasteiger partial charge is 0.475 e. The highest BCUT2D eigenvalue weighted by Gasteiger charge is 2.20. The lowest BCUT2D eigenvalue weighted by atomic mass is 10.1. The van der Waals surface area contributed by atoms with Crippen LogP contribution in [-0.2, 0) is 11.3 Å². The number of hydrogen-bond donors (Lipinski definition) is 2. The summed E-state index contributed by atoms with van der Waals surface area (Å²) in [6, 6.07) is 3.42. The predicted molar refractivity (Wildman–Crippen MR) is 67.8 cm³/mol. The first-order chi connectivity index (χ1) is 9.04. The van der Waals surface area contributed by atoms with Gasteiger partial charge in [0.05, 0.1) is 6.54 Å². The van der Waals surface area contributed by atoms with Crippen LogP contribution in [0.1, 0.15) is 36.1 Å². The number of piperidine rings is 1. The lowest BCUT2D eigenvalue weighted by molar-refractivity contribution is -0.120. The number of nitrogens with zero attached hydrogens (tertiary/aromatic N) is 1. The summed E-state index contributed by atoms with van der Waals surface area (Å²) in [7, 11) is 0. The molecule has 1 aromatic heterocycles. The molecule has 1 saturated heterocycles. The fraction of sp³-hybridized carbons (Fsp3) is 0.538. The van der Waals surface area contributed by atoms with E-state index in [-0.39, 0.29) is 17.7 Å². The van der Waals surface area contributed by atoms with Crippen molar-refractivity contribution >= 4 is 11.9 Å². The molecule has 6 heteroatoms. The minimum absolute atomic E-state index is 0.00980. The maximum Gasteiger partial charge on any atom is 0.371 e. The lowest BCUT2D eigenvalue weighted by Crippen LogP contribution is -2.43. The smallest absolute Gasteiger partial charge is 0.371 e. The number of carboxylic acid groups (broad SMARTS) is 1. The fourth-order valence-corrected chi connectivity index (χ4v) is 2.32. The Balaban J connectivity index is 1.81. The lowest BCUT2D eigenvalue weighted by Gasteiger charge is -2.31. The van der Waals surface area contributed by atoms with Crippen LogP contribution >= 0.6 is 0 Å². The van der Waals surface area contributed by atoms with Gasteiger partial charge in [-0.3, -0.25) is 9.69 Å². The van der Waals surface area contributed by atoms with Crippen molar-refractivity contribution in [2.24, 2.45) is 0 Å². The van der Waals surface area contributed by atoms with Crippen LogP contribution in [0.5, 0.6) is 0 Å². The molecule has 0 bridgehead atoms. The number of carboxylic acids is 1. The number of likely N-dealkylation sites (tertiary alicyclic amines) is 1. The van der Waals surface area contributed by atoms with E-state index in [2.05, 4.69) is 10.2 Å². The van der Waals surface area contributed by atoms with E-state index in [1.54, 1.807) is 6.07 Å². The van der Waals surface area contributed by atoms with Crippen molar-refractivity contribution in [2.45, 2.75) is 32.4 Å². The van der Waals surface area contributed by atoms with E-state index in [9.17, 15) is 9.59 Å². The summed E-state index contributed by atoms with van der Waals surface area (Å²) in [5, 5.41) is 11.7. The van der Waals surface area contributed by atoms with Gasteiger partial charge in [-0.25, -0.2) is 4.79 Å². The third-order valence-corrected chi connectivity index (χ3v) is 3.25. The molecule has 0 saturated carbocycles. The Morgan fingerprint density at radius 2 is 2.11 bits per heavy atom. The average molecular weight is 266 g/mol. The van der Waals surface area contributed by atoms with Crippen LogP contribution in [0.4, 0.5) is 0 Å². The topological polar surface area (TPSA) is 82.8 Å². The number of furan rings is 1. The molecule has 0 spiro atoms. The van der Waals surface area contributed by atoms with Crippen LogP contribution in [0.3, 0.4) is 0 Å². The van der Waals surface area contributed by atoms with Crippen molar-refractivity contribution < 1.29 is 19.1 Å². The van der Waals surface area contributed by atoms with Gasteiger partial charge in [0.25, 0.3) is 0 Å². The molecule has 1 fully saturated rings. The summed E-state index contributed by atoms with van der Waals surface area (Å²) in [5.41, 5.74) is 0. The molecule has 0 unspecified atom stereocenters. The van der Waals surface area contributed by atoms with E-state index in [0.29, 0.717) is 12.3 Å². The minimum Gasteiger partial charge on any atom is -0.475 e. The predicted octanol–water partition coefficient (Wildman–Crippen LogP) is 1.08. The summed E-state index contributed by atoms with van der Waals surface area (Å²) >= 11 is 0. The molecule has 0 atom stereocenters. The molecule has 6 nitrogen and oxygen atoms in total. The molecule has 1 aliphatic rings. The molecule has 1 amide bonds. The highest BCUT2D eigenvalue weighted by molar-refractivity contribution is 5.84. The molecule has 0 aliphatic carbocycles. The third kappa shape index (κ3) is 3.82. The van der Waals surface area contributed by atoms with Crippen molar-refractivity contribution in [3.05, 3.63) is 23.7 Å². The van der Waals surface area contributed by atoms with Gasteiger partial charge in [0.1, 0.15) is 5.76 Å². The number of amides is 1. The molecular weight excluding hydrogens is 248 g/mol. The van der Waals surface area contributed by atoms with Crippen molar-refractivity contribution in [1.29, 1.82) is 0 Å². The highest BCUT2D eigenvalue weighted by Crippen LogP contribution is 2.15. The molecule has 19 heavy (non-hydrogen) atoms. The van der Waals surface area contributed by atoms with E-state index in [0.717, 1.165) is 25.9 Å². The second-order valence-electron chi connectivity index (χ2n) is 4.82. The first-order valence-electron chi connectivity index (χ1n) is 6.36. The quantitative estimate of drug-likeness (QED) is 0.852. The van der Waals surface area contributed by atoms with Crippen molar-refractivity contribution in [2.75, 3.05) is 13.1 Å². The SMILES string of the molecule is CC(=O)NC1CCN(Cc2ccc(C(=O)O)o2)CC1. The number of rotatable bonds is 4. The zero-order valence-corrected chi connectivity index (χ0v) is 10.9. The average Bonchev–Trinajstić information content (AvgIpc) is 2.80. The maximum atomic E-state index is 11.0. The Bertz CT molecular complexity index is 461. The van der Waals surface area contributed by atoms with Gasteiger partial charge in [-0.1, -0.05) is 0 Å². The van der Waals surface area contributed by atoms with Crippen molar-refractivity contribution in [3.8, 4) is 0 Å². The van der Waals surface area contributed by atoms with Crippen LogP contribution in [0.25, 0.3) is 0 Å². The molecule has 2 heterocycles. The number of nitrogens with one attached hydrogen (secondary N) is 1. The Morgan fingerprint density at radius 3 is 2.63 bits per heavy atom. The standard InChI is InChI=1S/C13H18N2O4/c1-9(16)14-10-4-6-15(7-5-10)8-11-2-3-12(19-11)13(17)18/h2-3,10H,4-8H2,1H3,(H,14,16)(H,17,18). The molecule has 104 valence electrons. The van der Waals surface area contributed by atoms with E-state index < -0.39 is 5.97 Å². The zero-order chi connectivity index (χ0) is 13.8. The van der Waals surface area contributed by atoms with Crippen LogP contribution in [0, 0.1) is 0 Å². The van der Waals surface area contributed by atoms with Gasteiger partial charge in [0.2, 0.25) is 11.7 Å². The van der Waals surface area contributed by atoms with E-state index in [4.69, 9.17) is 9.52 Å². The molecule has 1 aliphatic heterocycles. The van der Waals surface area contributed by atoms with Crippen LogP contribution in [0.2, 0.25) is 0 Å². The summed E-state index contributed by atoms with van der Waals surface area (Å²) in [6.07, 6.45) is 1.82. The van der Waals surface area contributed by atoms with Gasteiger partial charge in [-0.2, -0.15) is 0 Å². The fourth-order valence-electron chi connectivity index (χ4n) is 2.32. The van der Waals surface area contributed by atoms with Gasteiger partial charge in [0, 0.05) is 26.1 Å². The number of hydrogen-bond acceptors (Lipinski definition) is 4. The monoisotopic (exact) mass is 266 g/mol. The first-order valence-corrected chi connectivity index (χ1v) is 6.36. The van der Waals surface area contributed by atoms with Gasteiger partial charge >= 0.3 is 5.97 Å². The highest BCUT2D eigenvalue weighted by atomic mass is 16.4. The number of aromatic carboxylic acids is 1. The first kappa shape index (κ1) is 13.6.